The third-order valence-electron chi connectivity index (χ3n) is 4.55. The Morgan fingerprint density at radius 2 is 1.55 bits per heavy atom. The molecule has 0 saturated carbocycles. The van der Waals surface area contributed by atoms with E-state index in [9.17, 15) is 13.0 Å². The molecular weight excluding hydrogens is 392 g/mol. The van der Waals surface area contributed by atoms with Crippen molar-refractivity contribution in [3.8, 4) is 5.75 Å². The first-order valence-electron chi connectivity index (χ1n) is 10.7. The van der Waals surface area contributed by atoms with Crippen LogP contribution < -0.4 is 4.74 Å². The Bertz CT molecular complexity index is 615. The summed E-state index contributed by atoms with van der Waals surface area (Å²) in [4.78, 5) is 0. The quantitative estimate of drug-likeness (QED) is 0.253. The van der Waals surface area contributed by atoms with Gasteiger partial charge < -0.3 is 18.8 Å². The zero-order valence-electron chi connectivity index (χ0n) is 17.9. The molecule has 1 rings (SSSR count). The second-order valence-corrected chi connectivity index (χ2v) is 8.95. The van der Waals surface area contributed by atoms with Crippen LogP contribution in [0.2, 0.25) is 0 Å². The number of rotatable bonds is 18. The minimum absolute atomic E-state index is 0.236. The van der Waals surface area contributed by atoms with Gasteiger partial charge in [-0.25, -0.2) is 8.42 Å². The maximum Gasteiger partial charge on any atom is 0.119 e. The molecule has 0 aliphatic carbocycles. The number of aryl methyl sites for hydroxylation is 1. The smallest absolute Gasteiger partial charge is 0.119 e. The van der Waals surface area contributed by atoms with Gasteiger partial charge >= 0.3 is 0 Å². The summed E-state index contributed by atoms with van der Waals surface area (Å²) in [6.45, 7) is 6.10. The van der Waals surface area contributed by atoms with Crippen LogP contribution in [0.5, 0.6) is 5.75 Å². The zero-order valence-corrected chi connectivity index (χ0v) is 18.8. The number of benzene rings is 1. The Balaban J connectivity index is 2.30. The summed E-state index contributed by atoms with van der Waals surface area (Å²) < 4.78 is 49.4. The Hall–Kier alpha value is -1.15. The van der Waals surface area contributed by atoms with Gasteiger partial charge in [-0.3, -0.25) is 0 Å². The maximum absolute atomic E-state index is 10.7. The van der Waals surface area contributed by atoms with Crippen molar-refractivity contribution in [3.05, 3.63) is 29.8 Å². The molecule has 0 aliphatic rings. The van der Waals surface area contributed by atoms with Crippen molar-refractivity contribution in [1.82, 2.24) is 0 Å². The Labute approximate surface area is 176 Å². The topological polar surface area (TPSA) is 84.9 Å². The highest BCUT2D eigenvalue weighted by Crippen LogP contribution is 2.13. The van der Waals surface area contributed by atoms with E-state index in [4.69, 9.17) is 14.2 Å². The summed E-state index contributed by atoms with van der Waals surface area (Å²) in [5.41, 5.74) is 1.17. The molecule has 6 nitrogen and oxygen atoms in total. The molecule has 0 N–H and O–H groups in total. The predicted octanol–water partition coefficient (Wildman–Crippen LogP) is 4.46. The van der Waals surface area contributed by atoms with Crippen molar-refractivity contribution in [3.63, 3.8) is 0 Å². The van der Waals surface area contributed by atoms with E-state index in [1.807, 2.05) is 31.2 Å². The van der Waals surface area contributed by atoms with Crippen LogP contribution in [0.4, 0.5) is 0 Å². The molecule has 1 unspecified atom stereocenters. The highest BCUT2D eigenvalue weighted by atomic mass is 32.2. The van der Waals surface area contributed by atoms with Crippen molar-refractivity contribution < 1.29 is 27.2 Å². The summed E-state index contributed by atoms with van der Waals surface area (Å²) in [6, 6.07) is 7.82. The molecule has 0 fully saturated rings. The average molecular weight is 430 g/mol. The lowest BCUT2D eigenvalue weighted by Gasteiger charge is -2.19. The van der Waals surface area contributed by atoms with E-state index >= 15 is 0 Å². The minimum Gasteiger partial charge on any atom is -0.748 e. The third-order valence-corrected chi connectivity index (χ3v) is 5.33. The van der Waals surface area contributed by atoms with Gasteiger partial charge in [-0.15, -0.1) is 0 Å². The Morgan fingerprint density at radius 3 is 2.24 bits per heavy atom. The molecule has 7 heteroatoms. The number of hydrogen-bond donors (Lipinski definition) is 0. The van der Waals surface area contributed by atoms with E-state index in [1.165, 1.54) is 37.7 Å². The Kier molecular flexibility index (Phi) is 14.0. The van der Waals surface area contributed by atoms with E-state index in [1.54, 1.807) is 0 Å². The van der Waals surface area contributed by atoms with E-state index in [0.717, 1.165) is 12.2 Å². The molecule has 0 aliphatic heterocycles. The van der Waals surface area contributed by atoms with Gasteiger partial charge in [0.25, 0.3) is 0 Å². The molecule has 0 radical (unpaired) electrons. The fourth-order valence-corrected chi connectivity index (χ4v) is 3.36. The number of hydrogen-bond acceptors (Lipinski definition) is 6. The van der Waals surface area contributed by atoms with Crippen LogP contribution in [0.1, 0.15) is 63.9 Å². The summed E-state index contributed by atoms with van der Waals surface area (Å²) in [7, 11) is -4.16. The molecule has 0 aromatic heterocycles. The number of unbranched alkanes of at least 4 members (excludes halogenated alkanes) is 6. The van der Waals surface area contributed by atoms with Crippen LogP contribution in [0.25, 0.3) is 0 Å². The summed E-state index contributed by atoms with van der Waals surface area (Å²) >= 11 is 0. The van der Waals surface area contributed by atoms with Crippen molar-refractivity contribution >= 4 is 10.1 Å². The van der Waals surface area contributed by atoms with Gasteiger partial charge in [-0.1, -0.05) is 56.7 Å². The Morgan fingerprint density at radius 1 is 0.897 bits per heavy atom. The van der Waals surface area contributed by atoms with Gasteiger partial charge in [0.05, 0.1) is 16.7 Å². The third kappa shape index (κ3) is 15.4. The monoisotopic (exact) mass is 429 g/mol. The second kappa shape index (κ2) is 15.7. The van der Waals surface area contributed by atoms with E-state index < -0.39 is 10.1 Å². The second-order valence-electron chi connectivity index (χ2n) is 7.43. The summed E-state index contributed by atoms with van der Waals surface area (Å²) in [5, 5.41) is 0. The first kappa shape index (κ1) is 25.9. The molecule has 168 valence electrons. The fraction of sp³-hybridized carbons (Fsp3) is 0.727. The molecule has 0 amide bonds. The molecule has 29 heavy (non-hydrogen) atoms. The lowest BCUT2D eigenvalue weighted by Crippen LogP contribution is -2.28. The molecule has 1 aromatic carbocycles. The van der Waals surface area contributed by atoms with Crippen molar-refractivity contribution in [1.29, 1.82) is 0 Å². The van der Waals surface area contributed by atoms with Crippen molar-refractivity contribution in [2.24, 2.45) is 0 Å². The molecule has 0 bridgehead atoms. The van der Waals surface area contributed by atoms with Crippen LogP contribution >= 0.6 is 0 Å². The van der Waals surface area contributed by atoms with Crippen LogP contribution in [0.3, 0.4) is 0 Å². The molecule has 0 spiro atoms. The van der Waals surface area contributed by atoms with E-state index in [0.29, 0.717) is 39.3 Å². The van der Waals surface area contributed by atoms with Crippen LogP contribution in [-0.4, -0.2) is 51.3 Å². The SMILES string of the molecule is CCCCCCCCOCC(COc1ccc(C)cc1)OCCCCS(=O)(=O)[O-]. The lowest BCUT2D eigenvalue weighted by atomic mass is 10.1. The molecule has 1 aromatic rings. The van der Waals surface area contributed by atoms with Gasteiger partial charge in [-0.2, -0.15) is 0 Å². The normalized spacial score (nSPS) is 12.8. The highest BCUT2D eigenvalue weighted by molar-refractivity contribution is 7.85. The largest absolute Gasteiger partial charge is 0.748 e. The predicted molar refractivity (Wildman–Crippen MR) is 114 cm³/mol. The van der Waals surface area contributed by atoms with Crippen LogP contribution in [0, 0.1) is 6.92 Å². The molecule has 1 atom stereocenters. The molecule has 0 heterocycles. The van der Waals surface area contributed by atoms with Gasteiger partial charge in [0.2, 0.25) is 0 Å². The maximum atomic E-state index is 10.7. The van der Waals surface area contributed by atoms with Crippen molar-refractivity contribution in [2.45, 2.75) is 71.3 Å². The first-order valence-corrected chi connectivity index (χ1v) is 12.3. The molecule has 0 saturated heterocycles. The average Bonchev–Trinajstić information content (AvgIpc) is 2.67. The number of ether oxygens (including phenoxy) is 3. The van der Waals surface area contributed by atoms with Crippen LogP contribution in [-0.2, 0) is 19.6 Å². The zero-order chi connectivity index (χ0) is 21.4. The van der Waals surface area contributed by atoms with Gasteiger partial charge in [-0.05, 0) is 38.3 Å². The van der Waals surface area contributed by atoms with Crippen LogP contribution in [0.15, 0.2) is 24.3 Å². The summed E-state index contributed by atoms with van der Waals surface area (Å²) in [6.07, 6.45) is 7.86. The van der Waals surface area contributed by atoms with E-state index in [-0.39, 0.29) is 11.9 Å². The lowest BCUT2D eigenvalue weighted by molar-refractivity contribution is -0.0386. The molecular formula is C22H37O6S-. The highest BCUT2D eigenvalue weighted by Gasteiger charge is 2.11. The van der Waals surface area contributed by atoms with Crippen molar-refractivity contribution in [2.75, 3.05) is 32.2 Å². The minimum atomic E-state index is -4.16. The van der Waals surface area contributed by atoms with Gasteiger partial charge in [0.1, 0.15) is 18.5 Å². The summed E-state index contributed by atoms with van der Waals surface area (Å²) in [5.74, 6) is 0.424. The fourth-order valence-electron chi connectivity index (χ4n) is 2.80. The standard InChI is InChI=1S/C22H38O6S/c1-3-4-5-6-7-8-15-26-18-22(27-16-9-10-17-29(23,24)25)19-28-21-13-11-20(2)12-14-21/h11-14,22H,3-10,15-19H2,1-2H3,(H,23,24,25)/p-1. The van der Waals surface area contributed by atoms with Gasteiger partial charge in [0.15, 0.2) is 0 Å². The van der Waals surface area contributed by atoms with Gasteiger partial charge in [0, 0.05) is 19.0 Å². The van der Waals surface area contributed by atoms with E-state index in [2.05, 4.69) is 6.92 Å². The first-order chi connectivity index (χ1) is 13.9.